The molecule has 27 heavy (non-hydrogen) atoms. The third-order valence-corrected chi connectivity index (χ3v) is 4.51. The molecule has 5 nitrogen and oxygen atoms in total. The molecular formula is C21H21FN4O. The Kier molecular flexibility index (Phi) is 5.84. The molecule has 1 atom stereocenters. The molecule has 1 saturated heterocycles. The van der Waals surface area contributed by atoms with Gasteiger partial charge in [0.15, 0.2) is 0 Å². The Labute approximate surface area is 157 Å². The number of nitrogens with zero attached hydrogens (tertiary/aromatic N) is 1. The van der Waals surface area contributed by atoms with E-state index in [2.05, 4.69) is 21.7 Å². The maximum atomic E-state index is 12.9. The second-order valence-corrected chi connectivity index (χ2v) is 6.39. The standard InChI is InChI=1S/C16H13FN2O.C5H8N2/c1-18-16(20)15-9-12-3-2-11(8-14(12)19-15)10-4-6-13(17)7-5-10;6-3-5-1-2-7-4-5/h2-9,19H,1H3,(H,18,20);5,7H,1-2,4H2. The number of hydrogen-bond acceptors (Lipinski definition) is 3. The number of carbonyl (C=O) groups excluding carboxylic acids is 1. The van der Waals surface area contributed by atoms with Crippen LogP contribution in [0.3, 0.4) is 0 Å². The zero-order valence-corrected chi connectivity index (χ0v) is 15.1. The number of aromatic amines is 1. The van der Waals surface area contributed by atoms with Gasteiger partial charge < -0.3 is 15.6 Å². The summed E-state index contributed by atoms with van der Waals surface area (Å²) < 4.78 is 12.9. The highest BCUT2D eigenvalue weighted by Crippen LogP contribution is 2.25. The molecule has 2 heterocycles. The van der Waals surface area contributed by atoms with Crippen molar-refractivity contribution in [2.45, 2.75) is 6.42 Å². The van der Waals surface area contributed by atoms with Gasteiger partial charge in [-0.2, -0.15) is 5.26 Å². The lowest BCUT2D eigenvalue weighted by atomic mass is 10.0. The number of benzene rings is 2. The zero-order valence-electron chi connectivity index (χ0n) is 15.1. The predicted molar refractivity (Wildman–Crippen MR) is 104 cm³/mol. The van der Waals surface area contributed by atoms with Crippen molar-refractivity contribution < 1.29 is 9.18 Å². The molecule has 3 N–H and O–H groups in total. The van der Waals surface area contributed by atoms with E-state index in [0.29, 0.717) is 11.6 Å². The summed E-state index contributed by atoms with van der Waals surface area (Å²) in [5.74, 6) is -0.110. The van der Waals surface area contributed by atoms with Crippen LogP contribution in [-0.4, -0.2) is 31.0 Å². The van der Waals surface area contributed by atoms with Crippen molar-refractivity contribution in [2.24, 2.45) is 5.92 Å². The van der Waals surface area contributed by atoms with Crippen LogP contribution in [0.1, 0.15) is 16.9 Å². The normalized spacial score (nSPS) is 15.7. The number of rotatable bonds is 2. The third kappa shape index (κ3) is 4.52. The van der Waals surface area contributed by atoms with E-state index in [-0.39, 0.29) is 11.7 Å². The van der Waals surface area contributed by atoms with Gasteiger partial charge in [0.05, 0.1) is 12.0 Å². The highest BCUT2D eigenvalue weighted by molar-refractivity contribution is 5.98. The average Bonchev–Trinajstić information content (AvgIpc) is 3.37. The molecule has 1 aromatic heterocycles. The number of hydrogen-bond donors (Lipinski definition) is 3. The minimum absolute atomic E-state index is 0.149. The number of nitriles is 1. The third-order valence-electron chi connectivity index (χ3n) is 4.51. The summed E-state index contributed by atoms with van der Waals surface area (Å²) in [5.41, 5.74) is 3.32. The van der Waals surface area contributed by atoms with Crippen LogP contribution in [0.4, 0.5) is 4.39 Å². The highest BCUT2D eigenvalue weighted by Gasteiger charge is 2.11. The first kappa shape index (κ1) is 18.6. The van der Waals surface area contributed by atoms with Gasteiger partial charge in [0.25, 0.3) is 5.91 Å². The van der Waals surface area contributed by atoms with Crippen molar-refractivity contribution in [1.82, 2.24) is 15.6 Å². The first-order valence-corrected chi connectivity index (χ1v) is 8.82. The molecule has 138 valence electrons. The van der Waals surface area contributed by atoms with Gasteiger partial charge in [-0.25, -0.2) is 4.39 Å². The van der Waals surface area contributed by atoms with Crippen LogP contribution in [0.2, 0.25) is 0 Å². The van der Waals surface area contributed by atoms with Crippen LogP contribution in [0.25, 0.3) is 22.0 Å². The van der Waals surface area contributed by atoms with Crippen molar-refractivity contribution in [3.8, 4) is 17.2 Å². The fraction of sp³-hybridized carbons (Fsp3) is 0.238. The Morgan fingerprint density at radius 3 is 2.52 bits per heavy atom. The maximum absolute atomic E-state index is 12.9. The van der Waals surface area contributed by atoms with Crippen LogP contribution >= 0.6 is 0 Å². The predicted octanol–water partition coefficient (Wildman–Crippen LogP) is 3.45. The van der Waals surface area contributed by atoms with Gasteiger partial charge in [-0.05, 0) is 48.4 Å². The van der Waals surface area contributed by atoms with E-state index in [1.165, 1.54) is 12.1 Å². The second kappa shape index (κ2) is 8.47. The number of H-pyrrole nitrogens is 1. The van der Waals surface area contributed by atoms with Crippen LogP contribution < -0.4 is 10.6 Å². The molecule has 6 heteroatoms. The van der Waals surface area contributed by atoms with Gasteiger partial charge in [0, 0.05) is 24.5 Å². The summed E-state index contributed by atoms with van der Waals surface area (Å²) in [6.45, 7) is 1.93. The molecule has 0 bridgehead atoms. The number of halogens is 1. The number of aromatic nitrogens is 1. The molecule has 1 amide bonds. The highest BCUT2D eigenvalue weighted by atomic mass is 19.1. The minimum atomic E-state index is -0.253. The Hall–Kier alpha value is -3.17. The summed E-state index contributed by atoms with van der Waals surface area (Å²) >= 11 is 0. The summed E-state index contributed by atoms with van der Waals surface area (Å²) in [6, 6.07) is 16.2. The lowest BCUT2D eigenvalue weighted by Crippen LogP contribution is -2.17. The summed E-state index contributed by atoms with van der Waals surface area (Å²) in [6.07, 6.45) is 1.04. The monoisotopic (exact) mass is 364 g/mol. The van der Waals surface area contributed by atoms with Crippen LogP contribution in [0, 0.1) is 23.1 Å². The van der Waals surface area contributed by atoms with Crippen LogP contribution in [0.5, 0.6) is 0 Å². The van der Waals surface area contributed by atoms with E-state index in [1.807, 2.05) is 24.3 Å². The quantitative estimate of drug-likeness (QED) is 0.651. The average molecular weight is 364 g/mol. The number of nitrogens with one attached hydrogen (secondary N) is 3. The van der Waals surface area contributed by atoms with Gasteiger partial charge in [0.2, 0.25) is 0 Å². The summed E-state index contributed by atoms with van der Waals surface area (Å²) in [4.78, 5) is 14.7. The zero-order chi connectivity index (χ0) is 19.2. The molecule has 0 saturated carbocycles. The Morgan fingerprint density at radius 2 is 1.93 bits per heavy atom. The van der Waals surface area contributed by atoms with Gasteiger partial charge in [-0.15, -0.1) is 0 Å². The molecule has 0 radical (unpaired) electrons. The fourth-order valence-electron chi connectivity index (χ4n) is 2.97. The number of amides is 1. The molecular weight excluding hydrogens is 343 g/mol. The van der Waals surface area contributed by atoms with Crippen LogP contribution in [-0.2, 0) is 0 Å². The first-order chi connectivity index (χ1) is 13.1. The smallest absolute Gasteiger partial charge is 0.267 e. The Bertz CT molecular complexity index is 966. The summed E-state index contributed by atoms with van der Waals surface area (Å²) in [7, 11) is 1.60. The van der Waals surface area contributed by atoms with Crippen molar-refractivity contribution in [3.63, 3.8) is 0 Å². The molecule has 1 aliphatic heterocycles. The molecule has 2 aromatic carbocycles. The molecule has 3 aromatic rings. The molecule has 4 rings (SSSR count). The number of fused-ring (bicyclic) bond motifs is 1. The van der Waals surface area contributed by atoms with Crippen molar-refractivity contribution in [3.05, 3.63) is 60.0 Å². The van der Waals surface area contributed by atoms with E-state index >= 15 is 0 Å². The first-order valence-electron chi connectivity index (χ1n) is 8.82. The lowest BCUT2D eigenvalue weighted by Gasteiger charge is -2.01. The van der Waals surface area contributed by atoms with E-state index in [0.717, 1.165) is 41.5 Å². The molecule has 0 spiro atoms. The van der Waals surface area contributed by atoms with E-state index < -0.39 is 0 Å². The summed E-state index contributed by atoms with van der Waals surface area (Å²) in [5, 5.41) is 14.9. The SMILES string of the molecule is CNC(=O)c1cc2ccc(-c3ccc(F)cc3)cc2[nH]1.N#CC1CCNC1. The molecule has 1 aliphatic rings. The topological polar surface area (TPSA) is 80.7 Å². The van der Waals surface area contributed by atoms with Gasteiger partial charge in [-0.3, -0.25) is 4.79 Å². The van der Waals surface area contributed by atoms with Crippen molar-refractivity contribution >= 4 is 16.8 Å². The van der Waals surface area contributed by atoms with Gasteiger partial charge >= 0.3 is 0 Å². The largest absolute Gasteiger partial charge is 0.354 e. The Morgan fingerprint density at radius 1 is 1.19 bits per heavy atom. The van der Waals surface area contributed by atoms with Gasteiger partial charge in [-0.1, -0.05) is 24.3 Å². The Balaban J connectivity index is 0.000000253. The molecule has 1 unspecified atom stereocenters. The van der Waals surface area contributed by atoms with E-state index in [1.54, 1.807) is 19.2 Å². The lowest BCUT2D eigenvalue weighted by molar-refractivity contribution is 0.0959. The van der Waals surface area contributed by atoms with E-state index in [9.17, 15) is 9.18 Å². The van der Waals surface area contributed by atoms with Crippen molar-refractivity contribution in [1.29, 1.82) is 5.26 Å². The molecule has 1 fully saturated rings. The minimum Gasteiger partial charge on any atom is -0.354 e. The maximum Gasteiger partial charge on any atom is 0.267 e. The second-order valence-electron chi connectivity index (χ2n) is 6.39. The van der Waals surface area contributed by atoms with E-state index in [4.69, 9.17) is 5.26 Å². The number of carbonyl (C=O) groups is 1. The van der Waals surface area contributed by atoms with Gasteiger partial charge in [0.1, 0.15) is 11.5 Å². The fourth-order valence-corrected chi connectivity index (χ4v) is 2.97. The van der Waals surface area contributed by atoms with Crippen LogP contribution in [0.15, 0.2) is 48.5 Å². The molecule has 0 aliphatic carbocycles. The van der Waals surface area contributed by atoms with Crippen molar-refractivity contribution in [2.75, 3.05) is 20.1 Å².